The Morgan fingerprint density at radius 3 is 2.03 bits per heavy atom. The van der Waals surface area contributed by atoms with Gasteiger partial charge in [0.25, 0.3) is 16.8 Å². The van der Waals surface area contributed by atoms with E-state index in [-0.39, 0.29) is 16.8 Å². The summed E-state index contributed by atoms with van der Waals surface area (Å²) in [6.45, 7) is 0.411. The van der Waals surface area contributed by atoms with Gasteiger partial charge in [0.15, 0.2) is 4.75 Å². The molecule has 1 aliphatic rings. The molecular weight excluding hydrogens is 498 g/mol. The van der Waals surface area contributed by atoms with Crippen molar-refractivity contribution in [1.29, 1.82) is 0 Å². The smallest absolute Gasteiger partial charge is 0.283 e. The number of nitrogens with zero attached hydrogens (tertiary/aromatic N) is 3. The summed E-state index contributed by atoms with van der Waals surface area (Å²) in [7, 11) is 1.73. The van der Waals surface area contributed by atoms with Crippen molar-refractivity contribution >= 4 is 34.3 Å². The van der Waals surface area contributed by atoms with Crippen LogP contribution in [0.2, 0.25) is 0 Å². The summed E-state index contributed by atoms with van der Waals surface area (Å²) in [5.41, 5.74) is 3.06. The maximum Gasteiger partial charge on any atom is 0.283 e. The van der Waals surface area contributed by atoms with E-state index in [1.54, 1.807) is 29.0 Å². The number of amides is 2. The molecule has 7 nitrogen and oxygen atoms in total. The third kappa shape index (κ3) is 4.54. The predicted molar refractivity (Wildman–Crippen MR) is 149 cm³/mol. The van der Waals surface area contributed by atoms with Gasteiger partial charge < -0.3 is 9.80 Å². The molecule has 1 saturated heterocycles. The molecule has 0 bridgehead atoms. The highest BCUT2D eigenvalue weighted by Gasteiger charge is 2.64. The van der Waals surface area contributed by atoms with Crippen LogP contribution < -0.4 is 4.90 Å². The Morgan fingerprint density at radius 1 is 0.895 bits per heavy atom. The standard InChI is InChI=1S/C30H25N3O4S/c1-31(21-22-11-5-2-6-12-22)29(35)38-30(24-15-9-4-10-16-24)27(23-13-7-3-8-14-23)32(28(30)34)25-17-19-26(20-18-25)33(36)37/h2-20,27H,21H2,1H3/t27-,30+/m1/s1. The van der Waals surface area contributed by atoms with Crippen LogP contribution in [0.4, 0.5) is 16.2 Å². The largest absolute Gasteiger partial charge is 0.332 e. The van der Waals surface area contributed by atoms with E-state index in [1.165, 1.54) is 12.1 Å². The summed E-state index contributed by atoms with van der Waals surface area (Å²) in [5, 5.41) is 11.0. The van der Waals surface area contributed by atoms with Crippen molar-refractivity contribution in [2.75, 3.05) is 11.9 Å². The predicted octanol–water partition coefficient (Wildman–Crippen LogP) is 6.56. The third-order valence-electron chi connectivity index (χ3n) is 6.66. The number of hydrogen-bond acceptors (Lipinski definition) is 5. The molecule has 0 N–H and O–H groups in total. The molecule has 1 aliphatic heterocycles. The van der Waals surface area contributed by atoms with E-state index < -0.39 is 15.7 Å². The third-order valence-corrected chi connectivity index (χ3v) is 8.10. The average molecular weight is 524 g/mol. The first kappa shape index (κ1) is 25.2. The van der Waals surface area contributed by atoms with Gasteiger partial charge >= 0.3 is 0 Å². The summed E-state index contributed by atoms with van der Waals surface area (Å²) in [4.78, 5) is 41.8. The lowest BCUT2D eigenvalue weighted by atomic mass is 9.76. The van der Waals surface area contributed by atoms with Gasteiger partial charge in [-0.05, 0) is 40.6 Å². The van der Waals surface area contributed by atoms with Crippen LogP contribution in [0.5, 0.6) is 0 Å². The van der Waals surface area contributed by atoms with Gasteiger partial charge in [-0.15, -0.1) is 0 Å². The van der Waals surface area contributed by atoms with Crippen LogP contribution in [0, 0.1) is 10.1 Å². The van der Waals surface area contributed by atoms with Gasteiger partial charge in [-0.1, -0.05) is 91.0 Å². The van der Waals surface area contributed by atoms with Crippen LogP contribution in [0.3, 0.4) is 0 Å². The molecule has 0 unspecified atom stereocenters. The number of thioether (sulfide) groups is 1. The second-order valence-electron chi connectivity index (χ2n) is 9.07. The molecule has 0 radical (unpaired) electrons. The average Bonchev–Trinajstić information content (AvgIpc) is 2.95. The Bertz CT molecular complexity index is 1450. The fraction of sp³-hybridized carbons (Fsp3) is 0.133. The van der Waals surface area contributed by atoms with E-state index in [9.17, 15) is 19.7 Å². The quantitative estimate of drug-likeness (QED) is 0.156. The zero-order valence-corrected chi connectivity index (χ0v) is 21.5. The number of carbonyl (C=O) groups excluding carboxylic acids is 2. The van der Waals surface area contributed by atoms with Gasteiger partial charge in [-0.2, -0.15) is 0 Å². The molecule has 8 heteroatoms. The van der Waals surface area contributed by atoms with E-state index >= 15 is 0 Å². The van der Waals surface area contributed by atoms with E-state index in [0.717, 1.165) is 28.5 Å². The second kappa shape index (κ2) is 10.5. The zero-order chi connectivity index (χ0) is 26.7. The first-order valence-corrected chi connectivity index (χ1v) is 12.9. The molecule has 38 heavy (non-hydrogen) atoms. The first-order chi connectivity index (χ1) is 18.4. The molecule has 0 aromatic heterocycles. The number of anilines is 1. The lowest BCUT2D eigenvalue weighted by molar-refractivity contribution is -0.384. The highest BCUT2D eigenvalue weighted by molar-refractivity contribution is 8.15. The van der Waals surface area contributed by atoms with Crippen molar-refractivity contribution in [2.24, 2.45) is 0 Å². The number of benzene rings is 4. The van der Waals surface area contributed by atoms with Crippen LogP contribution in [0.1, 0.15) is 22.7 Å². The highest BCUT2D eigenvalue weighted by atomic mass is 32.2. The first-order valence-electron chi connectivity index (χ1n) is 12.1. The minimum atomic E-state index is -1.22. The molecular formula is C30H25N3O4S. The number of rotatable bonds is 7. The van der Waals surface area contributed by atoms with Crippen molar-refractivity contribution in [3.05, 3.63) is 142 Å². The topological polar surface area (TPSA) is 83.8 Å². The van der Waals surface area contributed by atoms with Crippen molar-refractivity contribution in [3.8, 4) is 0 Å². The fourth-order valence-corrected chi connectivity index (χ4v) is 6.10. The fourth-order valence-electron chi connectivity index (χ4n) is 4.81. The lowest BCUT2D eigenvalue weighted by Gasteiger charge is -2.55. The maximum absolute atomic E-state index is 14.2. The molecule has 1 heterocycles. The molecule has 0 aliphatic carbocycles. The van der Waals surface area contributed by atoms with Gasteiger partial charge in [0.05, 0.1) is 11.0 Å². The van der Waals surface area contributed by atoms with Gasteiger partial charge in [-0.3, -0.25) is 19.7 Å². The molecule has 190 valence electrons. The summed E-state index contributed by atoms with van der Waals surface area (Å²) in [5.74, 6) is -0.252. The molecule has 2 amide bonds. The molecule has 5 rings (SSSR count). The van der Waals surface area contributed by atoms with Crippen LogP contribution in [0.15, 0.2) is 115 Å². The lowest BCUT2D eigenvalue weighted by Crippen LogP contribution is -2.65. The Morgan fingerprint density at radius 2 is 1.45 bits per heavy atom. The molecule has 0 saturated carbocycles. The van der Waals surface area contributed by atoms with Crippen molar-refractivity contribution in [1.82, 2.24) is 4.90 Å². The molecule has 4 aromatic carbocycles. The number of non-ortho nitro benzene ring substituents is 1. The molecule has 4 aromatic rings. The normalized spacial score (nSPS) is 18.5. The summed E-state index contributed by atoms with van der Waals surface area (Å²) >= 11 is 1.02. The maximum atomic E-state index is 14.2. The Kier molecular flexibility index (Phi) is 6.98. The van der Waals surface area contributed by atoms with Crippen LogP contribution in [0.25, 0.3) is 0 Å². The van der Waals surface area contributed by atoms with Crippen molar-refractivity contribution in [2.45, 2.75) is 17.3 Å². The summed E-state index contributed by atoms with van der Waals surface area (Å²) in [6, 6.07) is 34.0. The minimum Gasteiger partial charge on any atom is -0.332 e. The molecule has 1 fully saturated rings. The van der Waals surface area contributed by atoms with E-state index in [0.29, 0.717) is 12.2 Å². The van der Waals surface area contributed by atoms with Crippen LogP contribution >= 0.6 is 11.8 Å². The Hall–Kier alpha value is -4.43. The zero-order valence-electron chi connectivity index (χ0n) is 20.6. The SMILES string of the molecule is CN(Cc1ccccc1)C(=O)S[C@]1(c2ccccc2)C(=O)N(c2ccc([N+](=O)[O-])cc2)[C@@H]1c1ccccc1. The van der Waals surface area contributed by atoms with Crippen molar-refractivity contribution < 1.29 is 14.5 Å². The van der Waals surface area contributed by atoms with Gasteiger partial charge in [0, 0.05) is 31.4 Å². The van der Waals surface area contributed by atoms with E-state index in [4.69, 9.17) is 0 Å². The Balaban J connectivity index is 1.57. The number of nitro groups is 1. The second-order valence-corrected chi connectivity index (χ2v) is 10.3. The minimum absolute atomic E-state index is 0.0561. The number of β-lactam (4-membered cyclic amide) rings is 1. The Labute approximate surface area is 224 Å². The summed E-state index contributed by atoms with van der Waals surface area (Å²) < 4.78 is -1.22. The highest BCUT2D eigenvalue weighted by Crippen LogP contribution is 2.60. The molecule has 0 spiro atoms. The van der Waals surface area contributed by atoms with Gasteiger partial charge in [-0.25, -0.2) is 0 Å². The van der Waals surface area contributed by atoms with Gasteiger partial charge in [0.2, 0.25) is 0 Å². The number of nitro benzene ring substituents is 1. The number of carbonyl (C=O) groups is 2. The van der Waals surface area contributed by atoms with Crippen LogP contribution in [-0.2, 0) is 16.1 Å². The van der Waals surface area contributed by atoms with E-state index in [2.05, 4.69) is 0 Å². The van der Waals surface area contributed by atoms with E-state index in [1.807, 2.05) is 91.0 Å². The number of hydrogen-bond donors (Lipinski definition) is 0. The van der Waals surface area contributed by atoms with Gasteiger partial charge in [0.1, 0.15) is 0 Å². The molecule has 2 atom stereocenters. The van der Waals surface area contributed by atoms with Crippen molar-refractivity contribution in [3.63, 3.8) is 0 Å². The monoisotopic (exact) mass is 523 g/mol. The van der Waals surface area contributed by atoms with Crippen LogP contribution in [-0.4, -0.2) is 28.0 Å². The summed E-state index contributed by atoms with van der Waals surface area (Å²) in [6.07, 6.45) is 0.